The van der Waals surface area contributed by atoms with Crippen molar-refractivity contribution in [2.24, 2.45) is 0 Å². The first kappa shape index (κ1) is 24.5. The Morgan fingerprint density at radius 3 is 1.81 bits per heavy atom. The van der Waals surface area contributed by atoms with Crippen molar-refractivity contribution >= 4 is 18.2 Å². The van der Waals surface area contributed by atoms with E-state index in [1.807, 2.05) is 53.7 Å². The van der Waals surface area contributed by atoms with E-state index >= 15 is 0 Å². The molecule has 0 heterocycles. The minimum Gasteiger partial charge on any atom is -0.0990 e. The third-order valence-electron chi connectivity index (χ3n) is 2.60. The standard InChI is InChI=1S/C15H18.3C2H6/c1-5-9-15-13(7-3)11-10-12(6-2)14(15)8-4;3*1-2/h5-7,9-11H,1-2,8H2,3-4H3;3*1-2H3/b13-7-,15-9+;;;. The van der Waals surface area contributed by atoms with E-state index in [1.165, 1.54) is 21.6 Å². The zero-order valence-electron chi connectivity index (χ0n) is 15.6. The Labute approximate surface area is 133 Å². The molecule has 0 spiro atoms. The maximum Gasteiger partial charge on any atom is -0.0150 e. The van der Waals surface area contributed by atoms with Gasteiger partial charge in [-0.25, -0.2) is 0 Å². The monoisotopic (exact) mass is 288 g/mol. The van der Waals surface area contributed by atoms with E-state index in [9.17, 15) is 0 Å². The summed E-state index contributed by atoms with van der Waals surface area (Å²) in [5.41, 5.74) is 2.57. The van der Waals surface area contributed by atoms with Gasteiger partial charge in [-0.3, -0.25) is 0 Å². The lowest BCUT2D eigenvalue weighted by molar-refractivity contribution is 1.11. The molecule has 0 radical (unpaired) electrons. The Morgan fingerprint density at radius 1 is 0.952 bits per heavy atom. The fraction of sp³-hybridized carbons (Fsp3) is 0.429. The van der Waals surface area contributed by atoms with Crippen LogP contribution in [-0.2, 0) is 6.42 Å². The van der Waals surface area contributed by atoms with E-state index in [1.54, 1.807) is 0 Å². The fourth-order valence-electron chi connectivity index (χ4n) is 1.85. The summed E-state index contributed by atoms with van der Waals surface area (Å²) >= 11 is 0. The van der Waals surface area contributed by atoms with Gasteiger partial charge in [-0.2, -0.15) is 0 Å². The lowest BCUT2D eigenvalue weighted by Crippen LogP contribution is -2.28. The molecule has 0 nitrogen and oxygen atoms in total. The molecule has 0 aromatic heterocycles. The van der Waals surface area contributed by atoms with Crippen molar-refractivity contribution in [3.8, 4) is 0 Å². The molecule has 0 unspecified atom stereocenters. The fourth-order valence-corrected chi connectivity index (χ4v) is 1.85. The quantitative estimate of drug-likeness (QED) is 0.665. The van der Waals surface area contributed by atoms with Crippen molar-refractivity contribution in [2.45, 2.75) is 61.8 Å². The lowest BCUT2D eigenvalue weighted by atomic mass is 10.00. The molecule has 1 aromatic rings. The predicted molar refractivity (Wildman–Crippen MR) is 104 cm³/mol. The van der Waals surface area contributed by atoms with Crippen LogP contribution in [0.3, 0.4) is 0 Å². The predicted octanol–water partition coefficient (Wildman–Crippen LogP) is 5.74. The molecule has 1 rings (SSSR count). The lowest BCUT2D eigenvalue weighted by Gasteiger charge is -2.05. The molecule has 0 aliphatic carbocycles. The van der Waals surface area contributed by atoms with Gasteiger partial charge in [0.25, 0.3) is 0 Å². The smallest absolute Gasteiger partial charge is 0.0150 e. The molecule has 21 heavy (non-hydrogen) atoms. The van der Waals surface area contributed by atoms with E-state index in [0.717, 1.165) is 6.42 Å². The number of hydrogen-bond donors (Lipinski definition) is 0. The second kappa shape index (κ2) is 18.4. The van der Waals surface area contributed by atoms with Gasteiger partial charge < -0.3 is 0 Å². The highest BCUT2D eigenvalue weighted by atomic mass is 14.0. The van der Waals surface area contributed by atoms with E-state index in [2.05, 4.69) is 51.3 Å². The normalized spacial score (nSPS) is 10.1. The van der Waals surface area contributed by atoms with Gasteiger partial charge in [0.2, 0.25) is 0 Å². The molecule has 0 saturated heterocycles. The van der Waals surface area contributed by atoms with Crippen LogP contribution in [-0.4, -0.2) is 0 Å². The van der Waals surface area contributed by atoms with E-state index < -0.39 is 0 Å². The SMILES string of the molecule is C=C/C=c1/c(CC)c(C=C)cc/c1=C/C.CC.CC.CC. The maximum absolute atomic E-state index is 3.85. The van der Waals surface area contributed by atoms with Crippen molar-refractivity contribution < 1.29 is 0 Å². The van der Waals surface area contributed by atoms with Gasteiger partial charge in [-0.1, -0.05) is 98.1 Å². The number of benzene rings is 1. The molecule has 0 atom stereocenters. The van der Waals surface area contributed by atoms with Crippen LogP contribution >= 0.6 is 0 Å². The van der Waals surface area contributed by atoms with Crippen LogP contribution in [0, 0.1) is 0 Å². The highest BCUT2D eigenvalue weighted by Crippen LogP contribution is 2.04. The van der Waals surface area contributed by atoms with Crippen LogP contribution in [0.2, 0.25) is 0 Å². The molecule has 0 fully saturated rings. The van der Waals surface area contributed by atoms with Gasteiger partial charge in [0.15, 0.2) is 0 Å². The van der Waals surface area contributed by atoms with Crippen molar-refractivity contribution in [1.29, 1.82) is 0 Å². The van der Waals surface area contributed by atoms with Crippen LogP contribution in [0.4, 0.5) is 0 Å². The van der Waals surface area contributed by atoms with Gasteiger partial charge >= 0.3 is 0 Å². The third kappa shape index (κ3) is 8.34. The van der Waals surface area contributed by atoms with E-state index in [4.69, 9.17) is 0 Å². The Bertz CT molecular complexity index is 475. The summed E-state index contributed by atoms with van der Waals surface area (Å²) in [6.45, 7) is 23.8. The number of allylic oxidation sites excluding steroid dienone is 1. The number of hydrogen-bond acceptors (Lipinski definition) is 0. The number of rotatable bonds is 3. The molecular weight excluding hydrogens is 252 g/mol. The molecule has 0 bridgehead atoms. The maximum atomic E-state index is 3.85. The third-order valence-corrected chi connectivity index (χ3v) is 2.60. The molecular formula is C21H36. The molecule has 0 saturated carbocycles. The molecule has 0 amide bonds. The van der Waals surface area contributed by atoms with Crippen LogP contribution in [0.1, 0.15) is 66.5 Å². The highest BCUT2D eigenvalue weighted by Gasteiger charge is 1.99. The first-order valence-electron chi connectivity index (χ1n) is 8.31. The Morgan fingerprint density at radius 2 is 1.48 bits per heavy atom. The molecule has 0 aliphatic rings. The summed E-state index contributed by atoms with van der Waals surface area (Å²) in [6, 6.07) is 4.26. The second-order valence-electron chi connectivity index (χ2n) is 3.38. The van der Waals surface area contributed by atoms with Gasteiger partial charge in [-0.15, -0.1) is 0 Å². The largest absolute Gasteiger partial charge is 0.0990 e. The summed E-state index contributed by atoms with van der Waals surface area (Å²) in [5, 5.41) is 2.53. The molecule has 0 aliphatic heterocycles. The van der Waals surface area contributed by atoms with E-state index in [0.29, 0.717) is 0 Å². The Balaban J connectivity index is -0.000000478. The molecule has 1 aromatic carbocycles. The van der Waals surface area contributed by atoms with Crippen LogP contribution in [0.25, 0.3) is 18.2 Å². The molecule has 0 N–H and O–H groups in total. The zero-order chi connectivity index (χ0) is 17.3. The zero-order valence-corrected chi connectivity index (χ0v) is 15.6. The Kier molecular flexibility index (Phi) is 21.5. The Hall–Kier alpha value is -1.56. The van der Waals surface area contributed by atoms with Crippen molar-refractivity contribution in [1.82, 2.24) is 0 Å². The topological polar surface area (TPSA) is 0 Å². The minimum absolute atomic E-state index is 1.02. The minimum atomic E-state index is 1.02. The average Bonchev–Trinajstić information content (AvgIpc) is 2.60. The van der Waals surface area contributed by atoms with Gasteiger partial charge in [0.05, 0.1) is 0 Å². The average molecular weight is 289 g/mol. The van der Waals surface area contributed by atoms with Crippen LogP contribution in [0.5, 0.6) is 0 Å². The highest BCUT2D eigenvalue weighted by molar-refractivity contribution is 5.55. The first-order chi connectivity index (χ1) is 10.3. The summed E-state index contributed by atoms with van der Waals surface area (Å²) in [5.74, 6) is 0. The van der Waals surface area contributed by atoms with Crippen molar-refractivity contribution in [3.63, 3.8) is 0 Å². The summed E-state index contributed by atoms with van der Waals surface area (Å²) in [4.78, 5) is 0. The van der Waals surface area contributed by atoms with Gasteiger partial charge in [0.1, 0.15) is 0 Å². The first-order valence-corrected chi connectivity index (χ1v) is 8.31. The van der Waals surface area contributed by atoms with Crippen LogP contribution in [0.15, 0.2) is 31.4 Å². The summed E-state index contributed by atoms with van der Waals surface area (Å²) < 4.78 is 0. The summed E-state index contributed by atoms with van der Waals surface area (Å²) in [6.07, 6.45) is 8.97. The van der Waals surface area contributed by atoms with Gasteiger partial charge in [0, 0.05) is 0 Å². The van der Waals surface area contributed by atoms with Crippen LogP contribution < -0.4 is 10.4 Å². The van der Waals surface area contributed by atoms with Gasteiger partial charge in [-0.05, 0) is 34.9 Å². The van der Waals surface area contributed by atoms with Crippen molar-refractivity contribution in [2.75, 3.05) is 0 Å². The molecule has 120 valence electrons. The summed E-state index contributed by atoms with van der Waals surface area (Å²) in [7, 11) is 0. The second-order valence-corrected chi connectivity index (χ2v) is 3.38. The van der Waals surface area contributed by atoms with Crippen molar-refractivity contribution in [3.05, 3.63) is 52.9 Å². The molecule has 0 heteroatoms. The van der Waals surface area contributed by atoms with E-state index in [-0.39, 0.29) is 0 Å².